The number of nitrogens with zero attached hydrogens (tertiary/aromatic N) is 2. The van der Waals surface area contributed by atoms with Crippen LogP contribution in [0.4, 0.5) is 11.5 Å². The number of phenols is 1. The first kappa shape index (κ1) is 19.1. The maximum atomic E-state index is 12.0. The summed E-state index contributed by atoms with van der Waals surface area (Å²) in [4.78, 5) is 12.0. The summed E-state index contributed by atoms with van der Waals surface area (Å²) in [5, 5.41) is 25.4. The minimum atomic E-state index is -0.381. The zero-order valence-corrected chi connectivity index (χ0v) is 14.7. The van der Waals surface area contributed by atoms with Crippen molar-refractivity contribution in [2.24, 2.45) is 0 Å². The zero-order chi connectivity index (χ0) is 16.1. The Balaban J connectivity index is 0.00000264. The van der Waals surface area contributed by atoms with Gasteiger partial charge in [0.25, 0.3) is 0 Å². The summed E-state index contributed by atoms with van der Waals surface area (Å²) in [6.45, 7) is 0.205. The molecule has 0 atom stereocenters. The number of aromatic nitrogens is 2. The third kappa shape index (κ3) is 5.03. The second-order valence-corrected chi connectivity index (χ2v) is 5.48. The van der Waals surface area contributed by atoms with E-state index in [1.807, 2.05) is 0 Å². The van der Waals surface area contributed by atoms with Gasteiger partial charge < -0.3 is 0 Å². The molecule has 0 aliphatic carbocycles. The molecule has 5 N–H and O–H groups in total. The Labute approximate surface area is 148 Å². The van der Waals surface area contributed by atoms with Crippen LogP contribution in [0.3, 0.4) is 0 Å². The van der Waals surface area contributed by atoms with Crippen molar-refractivity contribution in [2.75, 3.05) is 17.7 Å². The van der Waals surface area contributed by atoms with Crippen LogP contribution in [0.5, 0.6) is 5.75 Å². The van der Waals surface area contributed by atoms with Crippen LogP contribution in [-0.2, 0) is 11.3 Å². The first-order chi connectivity index (χ1) is 10.5. The summed E-state index contributed by atoms with van der Waals surface area (Å²) < 4.78 is 2.23. The molecule has 9 heteroatoms. The van der Waals surface area contributed by atoms with Crippen LogP contribution in [-0.4, -0.2) is 49.4 Å². The molecule has 0 saturated heterocycles. The van der Waals surface area contributed by atoms with Gasteiger partial charge in [0, 0.05) is 0 Å². The number of aliphatic hydroxyl groups excluding tert-OH is 1. The van der Waals surface area contributed by atoms with E-state index in [1.165, 1.54) is 22.9 Å². The van der Waals surface area contributed by atoms with E-state index in [9.17, 15) is 9.90 Å². The van der Waals surface area contributed by atoms with Crippen LogP contribution in [0.1, 0.15) is 5.56 Å². The van der Waals surface area contributed by atoms with Crippen molar-refractivity contribution in [1.29, 1.82) is 0 Å². The molecule has 122 valence electrons. The minimum absolute atomic E-state index is 0. The molecule has 23 heavy (non-hydrogen) atoms. The fourth-order valence-corrected chi connectivity index (χ4v) is 2.27. The van der Waals surface area contributed by atoms with Gasteiger partial charge in [-0.05, 0) is 0 Å². The predicted molar refractivity (Wildman–Crippen MR) is 92.1 cm³/mol. The molecule has 1 amide bonds. The Hall–Kier alpha value is -1.95. The van der Waals surface area contributed by atoms with Crippen molar-refractivity contribution in [3.8, 4) is 5.75 Å². The van der Waals surface area contributed by atoms with Crippen LogP contribution in [0.15, 0.2) is 30.5 Å². The van der Waals surface area contributed by atoms with Gasteiger partial charge in [0.1, 0.15) is 0 Å². The third-order valence-electron chi connectivity index (χ3n) is 2.84. The van der Waals surface area contributed by atoms with Crippen LogP contribution >= 0.6 is 12.4 Å². The molecule has 2 rings (SSSR count). The van der Waals surface area contributed by atoms with Gasteiger partial charge in [0.2, 0.25) is 0 Å². The number of nitrogens with one attached hydrogen (secondary N) is 1. The van der Waals surface area contributed by atoms with Crippen LogP contribution < -0.4 is 15.4 Å². The Morgan fingerprint density at radius 2 is 2.22 bits per heavy atom. The van der Waals surface area contributed by atoms with E-state index in [1.54, 1.807) is 18.3 Å². The van der Waals surface area contributed by atoms with Crippen LogP contribution in [0.2, 0.25) is 0 Å². The van der Waals surface area contributed by atoms with Crippen molar-refractivity contribution in [3.05, 3.63) is 36.0 Å². The summed E-state index contributed by atoms with van der Waals surface area (Å²) >= 11 is 2.30. The van der Waals surface area contributed by atoms with E-state index in [-0.39, 0.29) is 37.2 Å². The first-order valence-corrected chi connectivity index (χ1v) is 7.38. The van der Waals surface area contributed by atoms with Gasteiger partial charge in [-0.25, -0.2) is 0 Å². The standard InChI is InChI=1S/C14H15AsN4O3.ClH/c15-11-8-17-19(5-6-20)14(11)18-13(22)4-1-9-7-10(16)2-3-12(9)21;/h1-4,7-8,20-21H,5-6,16H2,(H,18,22);1H. The molecule has 2 radical (unpaired) electrons. The van der Waals surface area contributed by atoms with E-state index in [0.717, 1.165) is 4.35 Å². The maximum absolute atomic E-state index is 12.0. The molecule has 0 spiro atoms. The molecular weight excluding hydrogens is 383 g/mol. The third-order valence-corrected chi connectivity index (χ3v) is 3.53. The Morgan fingerprint density at radius 3 is 2.91 bits per heavy atom. The molecule has 0 bridgehead atoms. The average molecular weight is 399 g/mol. The molecule has 0 unspecified atom stereocenters. The number of carbonyl (C=O) groups excluding carboxylic acids is 1. The average Bonchev–Trinajstić information content (AvgIpc) is 2.82. The summed E-state index contributed by atoms with van der Waals surface area (Å²) in [5.41, 5.74) is 6.58. The second kappa shape index (κ2) is 8.62. The number of halogens is 1. The quantitative estimate of drug-likeness (QED) is 0.246. The Kier molecular flexibility index (Phi) is 7.16. The van der Waals surface area contributed by atoms with Crippen molar-refractivity contribution < 1.29 is 15.0 Å². The molecule has 1 heterocycles. The number of hydrogen-bond donors (Lipinski definition) is 4. The normalized spacial score (nSPS) is 10.5. The number of nitrogens with two attached hydrogens (primary N) is 1. The first-order valence-electron chi connectivity index (χ1n) is 6.44. The Bertz CT molecular complexity index is 718. The van der Waals surface area contributed by atoms with Gasteiger partial charge >= 0.3 is 135 Å². The number of aliphatic hydroxyl groups is 1. The molecular formula is C14H16AsClN4O3. The molecule has 7 nitrogen and oxygen atoms in total. The SMILES string of the molecule is Cl.Nc1ccc(O)c(C=CC(=O)Nc2c([As])cnn2CCO)c1. The van der Waals surface area contributed by atoms with Crippen LogP contribution in [0.25, 0.3) is 6.08 Å². The Morgan fingerprint density at radius 1 is 1.48 bits per heavy atom. The van der Waals surface area contributed by atoms with Gasteiger partial charge in [-0.2, -0.15) is 0 Å². The van der Waals surface area contributed by atoms with E-state index < -0.39 is 0 Å². The second-order valence-electron chi connectivity index (χ2n) is 4.47. The summed E-state index contributed by atoms with van der Waals surface area (Å²) in [5.74, 6) is 0.158. The van der Waals surface area contributed by atoms with Crippen LogP contribution in [0, 0.1) is 0 Å². The van der Waals surface area contributed by atoms with E-state index in [0.29, 0.717) is 17.1 Å². The summed E-state index contributed by atoms with van der Waals surface area (Å²) in [6, 6.07) is 4.60. The number of amides is 1. The predicted octanol–water partition coefficient (Wildman–Crippen LogP) is 0.0307. The summed E-state index contributed by atoms with van der Waals surface area (Å²) in [7, 11) is 0. The molecule has 0 saturated carbocycles. The topological polar surface area (TPSA) is 113 Å². The van der Waals surface area contributed by atoms with E-state index >= 15 is 0 Å². The number of carbonyl (C=O) groups is 1. The molecule has 0 aliphatic heterocycles. The number of aromatic hydroxyl groups is 1. The van der Waals surface area contributed by atoms with Crippen molar-refractivity contribution in [1.82, 2.24) is 9.78 Å². The number of rotatable bonds is 5. The van der Waals surface area contributed by atoms with Crippen molar-refractivity contribution in [3.63, 3.8) is 0 Å². The van der Waals surface area contributed by atoms with Gasteiger partial charge in [-0.15, -0.1) is 12.4 Å². The number of benzene rings is 1. The van der Waals surface area contributed by atoms with Gasteiger partial charge in [0.15, 0.2) is 0 Å². The van der Waals surface area contributed by atoms with E-state index in [4.69, 9.17) is 10.8 Å². The van der Waals surface area contributed by atoms with E-state index in [2.05, 4.69) is 27.3 Å². The summed E-state index contributed by atoms with van der Waals surface area (Å²) in [6.07, 6.45) is 4.34. The number of hydrogen-bond acceptors (Lipinski definition) is 5. The van der Waals surface area contributed by atoms with Crippen molar-refractivity contribution >= 4 is 57.1 Å². The van der Waals surface area contributed by atoms with Gasteiger partial charge in [0.05, 0.1) is 0 Å². The molecule has 1 aromatic heterocycles. The molecule has 2 aromatic rings. The van der Waals surface area contributed by atoms with Gasteiger partial charge in [-0.1, -0.05) is 0 Å². The fraction of sp³-hybridized carbons (Fsp3) is 0.143. The molecule has 1 aromatic carbocycles. The van der Waals surface area contributed by atoms with Gasteiger partial charge in [-0.3, -0.25) is 0 Å². The monoisotopic (exact) mass is 398 g/mol. The van der Waals surface area contributed by atoms with Crippen molar-refractivity contribution in [2.45, 2.75) is 6.54 Å². The number of anilines is 2. The zero-order valence-electron chi connectivity index (χ0n) is 12.0. The molecule has 0 fully saturated rings. The fourth-order valence-electron chi connectivity index (χ4n) is 1.80. The number of phenolic OH excluding ortho intramolecular Hbond substituents is 1. The number of nitrogen functional groups attached to an aromatic ring is 1. The molecule has 0 aliphatic rings.